The topological polar surface area (TPSA) is 55.8 Å². The molecule has 0 aliphatic rings. The average molecular weight is 229 g/mol. The molecule has 0 radical (unpaired) electrons. The van der Waals surface area contributed by atoms with Crippen molar-refractivity contribution in [1.82, 2.24) is 4.90 Å². The van der Waals surface area contributed by atoms with Crippen molar-refractivity contribution in [3.05, 3.63) is 12.2 Å². The summed E-state index contributed by atoms with van der Waals surface area (Å²) in [5.74, 6) is -0.584. The van der Waals surface area contributed by atoms with Gasteiger partial charge < -0.3 is 14.4 Å². The van der Waals surface area contributed by atoms with Gasteiger partial charge in [0.25, 0.3) is 0 Å². The summed E-state index contributed by atoms with van der Waals surface area (Å²) in [6, 6.07) is 0. The lowest BCUT2D eigenvalue weighted by atomic mass is 10.4. The summed E-state index contributed by atoms with van der Waals surface area (Å²) in [5.41, 5.74) is 0.315. The van der Waals surface area contributed by atoms with Crippen molar-refractivity contribution in [1.29, 1.82) is 0 Å². The summed E-state index contributed by atoms with van der Waals surface area (Å²) in [6.07, 6.45) is -0.416. The molecular weight excluding hydrogens is 210 g/mol. The van der Waals surface area contributed by atoms with Gasteiger partial charge in [-0.25, -0.2) is 4.79 Å². The second kappa shape index (κ2) is 7.00. The highest BCUT2D eigenvalue weighted by molar-refractivity contribution is 5.86. The molecule has 0 saturated carbocycles. The summed E-state index contributed by atoms with van der Waals surface area (Å²) in [7, 11) is 0. The molecule has 0 N–H and O–H groups in total. The number of ether oxygens (including phenoxy) is 2. The molecule has 0 saturated heterocycles. The molecule has 0 bridgehead atoms. The molecule has 0 heterocycles. The zero-order chi connectivity index (χ0) is 12.7. The number of nitrogens with zero attached hydrogens (tertiary/aromatic N) is 1. The first-order chi connectivity index (χ1) is 7.40. The minimum absolute atomic E-state index is 0.0822. The molecule has 1 atom stereocenters. The fraction of sp³-hybridized carbons (Fsp3) is 0.636. The maximum Gasteiger partial charge on any atom is 0.335 e. The molecule has 5 nitrogen and oxygen atoms in total. The molecule has 5 heteroatoms. The number of hydrogen-bond acceptors (Lipinski definition) is 4. The Morgan fingerprint density at radius 3 is 2.31 bits per heavy atom. The zero-order valence-corrected chi connectivity index (χ0v) is 10.3. The maximum atomic E-state index is 11.1. The van der Waals surface area contributed by atoms with E-state index >= 15 is 0 Å². The van der Waals surface area contributed by atoms with Crippen molar-refractivity contribution in [3.8, 4) is 0 Å². The highest BCUT2D eigenvalue weighted by Gasteiger charge is 2.15. The Bertz CT molecular complexity index is 275. The number of carbonyl (C=O) groups excluding carboxylic acids is 2. The molecule has 1 unspecified atom stereocenters. The Hall–Kier alpha value is -1.36. The lowest BCUT2D eigenvalue weighted by molar-refractivity contribution is -0.169. The number of esters is 1. The number of hydrogen-bond donors (Lipinski definition) is 0. The summed E-state index contributed by atoms with van der Waals surface area (Å²) in [5, 5.41) is 0. The van der Waals surface area contributed by atoms with Crippen LogP contribution < -0.4 is 0 Å². The van der Waals surface area contributed by atoms with E-state index in [4.69, 9.17) is 9.47 Å². The lowest BCUT2D eigenvalue weighted by Gasteiger charge is -2.26. The summed E-state index contributed by atoms with van der Waals surface area (Å²) in [6.45, 7) is 10.4. The first kappa shape index (κ1) is 14.6. The van der Waals surface area contributed by atoms with Crippen LogP contribution in [0.3, 0.4) is 0 Å². The summed E-state index contributed by atoms with van der Waals surface area (Å²) >= 11 is 0. The normalized spacial score (nSPS) is 11.8. The van der Waals surface area contributed by atoms with E-state index in [1.807, 2.05) is 6.92 Å². The highest BCUT2D eigenvalue weighted by Crippen LogP contribution is 2.02. The van der Waals surface area contributed by atoms with Crippen LogP contribution in [-0.2, 0) is 19.1 Å². The van der Waals surface area contributed by atoms with E-state index in [-0.39, 0.29) is 12.7 Å². The van der Waals surface area contributed by atoms with Crippen molar-refractivity contribution in [3.63, 3.8) is 0 Å². The molecule has 0 aromatic carbocycles. The van der Waals surface area contributed by atoms with E-state index in [0.717, 1.165) is 0 Å². The Balaban J connectivity index is 3.97. The van der Waals surface area contributed by atoms with Gasteiger partial charge in [0.2, 0.25) is 5.91 Å². The number of carbonyl (C=O) groups is 2. The van der Waals surface area contributed by atoms with Crippen molar-refractivity contribution in [2.45, 2.75) is 33.9 Å². The fourth-order valence-electron chi connectivity index (χ4n) is 1.13. The van der Waals surface area contributed by atoms with Gasteiger partial charge in [0.1, 0.15) is 6.23 Å². The Morgan fingerprint density at radius 1 is 1.38 bits per heavy atom. The Kier molecular flexibility index (Phi) is 6.41. The van der Waals surface area contributed by atoms with Gasteiger partial charge in [0.15, 0.2) is 6.79 Å². The van der Waals surface area contributed by atoms with Crippen LogP contribution in [0.25, 0.3) is 0 Å². The van der Waals surface area contributed by atoms with Crippen molar-refractivity contribution < 1.29 is 19.1 Å². The quantitative estimate of drug-likeness (QED) is 0.391. The first-order valence-corrected chi connectivity index (χ1v) is 5.11. The van der Waals surface area contributed by atoms with Crippen LogP contribution >= 0.6 is 0 Å². The monoisotopic (exact) mass is 229 g/mol. The van der Waals surface area contributed by atoms with Crippen LogP contribution in [0, 0.1) is 0 Å². The van der Waals surface area contributed by atoms with Gasteiger partial charge in [0, 0.05) is 19.0 Å². The molecule has 0 spiro atoms. The average Bonchev–Trinajstić information content (AvgIpc) is 2.17. The van der Waals surface area contributed by atoms with E-state index in [2.05, 4.69) is 6.58 Å². The summed E-state index contributed by atoms with van der Waals surface area (Å²) < 4.78 is 9.95. The SMILES string of the molecule is C=C(C)C(=O)OCOC(C)N(CC)C(C)=O. The van der Waals surface area contributed by atoms with Gasteiger partial charge in [-0.05, 0) is 20.8 Å². The molecule has 0 aliphatic carbocycles. The van der Waals surface area contributed by atoms with Crippen molar-refractivity contribution in [2.75, 3.05) is 13.3 Å². The smallest absolute Gasteiger partial charge is 0.335 e. The maximum absolute atomic E-state index is 11.1. The van der Waals surface area contributed by atoms with Crippen LogP contribution in [0.2, 0.25) is 0 Å². The fourth-order valence-corrected chi connectivity index (χ4v) is 1.13. The predicted molar refractivity (Wildman–Crippen MR) is 59.4 cm³/mol. The van der Waals surface area contributed by atoms with Crippen LogP contribution in [0.15, 0.2) is 12.2 Å². The third-order valence-corrected chi connectivity index (χ3v) is 2.03. The Morgan fingerprint density at radius 2 is 1.94 bits per heavy atom. The van der Waals surface area contributed by atoms with Gasteiger partial charge in [0.05, 0.1) is 0 Å². The molecular formula is C11H19NO4. The summed E-state index contributed by atoms with van der Waals surface area (Å²) in [4.78, 5) is 23.7. The predicted octanol–water partition coefficient (Wildman–Crippen LogP) is 1.29. The van der Waals surface area contributed by atoms with Gasteiger partial charge in [-0.2, -0.15) is 0 Å². The second-order valence-electron chi connectivity index (χ2n) is 3.40. The van der Waals surface area contributed by atoms with Gasteiger partial charge in [-0.3, -0.25) is 4.79 Å². The minimum Gasteiger partial charge on any atom is -0.435 e. The van der Waals surface area contributed by atoms with E-state index in [0.29, 0.717) is 12.1 Å². The Labute approximate surface area is 96.0 Å². The van der Waals surface area contributed by atoms with Crippen LogP contribution in [0.5, 0.6) is 0 Å². The molecule has 0 aromatic rings. The minimum atomic E-state index is -0.502. The van der Waals surface area contributed by atoms with Gasteiger partial charge in [-0.15, -0.1) is 0 Å². The largest absolute Gasteiger partial charge is 0.435 e. The zero-order valence-electron chi connectivity index (χ0n) is 10.3. The van der Waals surface area contributed by atoms with E-state index < -0.39 is 12.2 Å². The van der Waals surface area contributed by atoms with Crippen molar-refractivity contribution >= 4 is 11.9 Å². The van der Waals surface area contributed by atoms with Crippen LogP contribution in [0.4, 0.5) is 0 Å². The van der Waals surface area contributed by atoms with Gasteiger partial charge >= 0.3 is 5.97 Å². The molecule has 1 amide bonds. The third-order valence-electron chi connectivity index (χ3n) is 2.03. The molecule has 0 aliphatic heterocycles. The molecule has 0 rings (SSSR count). The lowest BCUT2D eigenvalue weighted by Crippen LogP contribution is -2.39. The first-order valence-electron chi connectivity index (χ1n) is 5.11. The van der Waals surface area contributed by atoms with E-state index in [1.165, 1.54) is 11.8 Å². The highest BCUT2D eigenvalue weighted by atomic mass is 16.7. The number of amides is 1. The molecule has 92 valence electrons. The van der Waals surface area contributed by atoms with Crippen LogP contribution in [-0.4, -0.2) is 36.3 Å². The van der Waals surface area contributed by atoms with E-state index in [9.17, 15) is 9.59 Å². The second-order valence-corrected chi connectivity index (χ2v) is 3.40. The van der Waals surface area contributed by atoms with Crippen molar-refractivity contribution in [2.24, 2.45) is 0 Å². The molecule has 16 heavy (non-hydrogen) atoms. The third kappa shape index (κ3) is 4.93. The van der Waals surface area contributed by atoms with E-state index in [1.54, 1.807) is 13.8 Å². The molecule has 0 aromatic heterocycles. The number of rotatable bonds is 6. The van der Waals surface area contributed by atoms with Gasteiger partial charge in [-0.1, -0.05) is 6.58 Å². The molecule has 0 fully saturated rings. The standard InChI is InChI=1S/C11H19NO4/c1-6-12(9(4)13)10(5)15-7-16-11(14)8(2)3/h10H,2,6-7H2,1,3-5H3. The van der Waals surface area contributed by atoms with Crippen LogP contribution in [0.1, 0.15) is 27.7 Å².